The third-order valence-corrected chi connectivity index (χ3v) is 3.51. The number of para-hydroxylation sites is 1. The number of ether oxygens (including phenoxy) is 1. The molecule has 0 radical (unpaired) electrons. The molecule has 0 aliphatic heterocycles. The number of hydrogen-bond acceptors (Lipinski definition) is 4. The highest BCUT2D eigenvalue weighted by Gasteiger charge is 2.12. The number of benzene rings is 2. The zero-order chi connectivity index (χ0) is 16.8. The summed E-state index contributed by atoms with van der Waals surface area (Å²) in [4.78, 5) is 15.0. The number of aromatic nitrogens is 1. The second kappa shape index (κ2) is 7.42. The van der Waals surface area contributed by atoms with Crippen molar-refractivity contribution in [1.29, 1.82) is 0 Å². The van der Waals surface area contributed by atoms with Gasteiger partial charge in [0.05, 0.1) is 0 Å². The first kappa shape index (κ1) is 15.7. The Bertz CT molecular complexity index is 850. The topological polar surface area (TPSA) is 52.3 Å². The van der Waals surface area contributed by atoms with E-state index >= 15 is 0 Å². The van der Waals surface area contributed by atoms with Crippen molar-refractivity contribution in [3.63, 3.8) is 0 Å². The Morgan fingerprint density at radius 3 is 2.62 bits per heavy atom. The van der Waals surface area contributed by atoms with E-state index in [4.69, 9.17) is 9.15 Å². The summed E-state index contributed by atoms with van der Waals surface area (Å²) >= 11 is 0. The number of aryl methyl sites for hydroxylation is 1. The Hall–Kier alpha value is -3.14. The number of nitrogens with zero attached hydrogens (tertiary/aromatic N) is 1. The number of oxazole rings is 1. The summed E-state index contributed by atoms with van der Waals surface area (Å²) in [6.07, 6.45) is 3.88. The smallest absolute Gasteiger partial charge is 0.233 e. The fourth-order valence-electron chi connectivity index (χ4n) is 2.41. The first-order chi connectivity index (χ1) is 11.8. The van der Waals surface area contributed by atoms with Crippen molar-refractivity contribution in [3.8, 4) is 17.0 Å². The lowest BCUT2D eigenvalue weighted by Crippen LogP contribution is -1.97. The van der Waals surface area contributed by atoms with E-state index in [2.05, 4.69) is 4.98 Å². The molecule has 0 atom stereocenters. The second-order valence-electron chi connectivity index (χ2n) is 5.20. The molecule has 1 heterocycles. The van der Waals surface area contributed by atoms with E-state index in [-0.39, 0.29) is 6.61 Å². The molecule has 3 rings (SSSR count). The maximum atomic E-state index is 10.5. The van der Waals surface area contributed by atoms with Gasteiger partial charge in [-0.2, -0.15) is 0 Å². The Morgan fingerprint density at radius 1 is 1.08 bits per heavy atom. The van der Waals surface area contributed by atoms with Gasteiger partial charge in [-0.25, -0.2) is 4.98 Å². The number of aldehydes is 1. The van der Waals surface area contributed by atoms with E-state index in [1.165, 1.54) is 6.08 Å². The molecule has 4 nitrogen and oxygen atoms in total. The molecular formula is C20H17NO3. The van der Waals surface area contributed by atoms with E-state index < -0.39 is 0 Å². The fraction of sp³-hybridized carbons (Fsp3) is 0.100. The summed E-state index contributed by atoms with van der Waals surface area (Å²) in [6.45, 7) is 2.11. The van der Waals surface area contributed by atoms with E-state index in [0.29, 0.717) is 11.6 Å². The van der Waals surface area contributed by atoms with Crippen molar-refractivity contribution >= 4 is 12.4 Å². The maximum absolute atomic E-state index is 10.5. The summed E-state index contributed by atoms with van der Waals surface area (Å²) in [6, 6.07) is 17.4. The van der Waals surface area contributed by atoms with Crippen LogP contribution in [0.3, 0.4) is 0 Å². The summed E-state index contributed by atoms with van der Waals surface area (Å²) in [5, 5.41) is 0. The zero-order valence-electron chi connectivity index (χ0n) is 13.3. The molecule has 120 valence electrons. The van der Waals surface area contributed by atoms with Crippen molar-refractivity contribution in [2.75, 3.05) is 0 Å². The van der Waals surface area contributed by atoms with Gasteiger partial charge < -0.3 is 9.15 Å². The molecule has 0 saturated carbocycles. The minimum atomic E-state index is 0.222. The third kappa shape index (κ3) is 3.60. The first-order valence-electron chi connectivity index (χ1n) is 7.63. The molecule has 0 aliphatic rings. The first-order valence-corrected chi connectivity index (χ1v) is 7.63. The van der Waals surface area contributed by atoms with Crippen LogP contribution in [0.1, 0.15) is 17.2 Å². The average Bonchev–Trinajstić information content (AvgIpc) is 3.00. The Morgan fingerprint density at radius 2 is 1.83 bits per heavy atom. The van der Waals surface area contributed by atoms with Crippen LogP contribution in [0, 0.1) is 6.92 Å². The average molecular weight is 319 g/mol. The van der Waals surface area contributed by atoms with Crippen LogP contribution in [0.15, 0.2) is 65.1 Å². The number of carbonyl (C=O) groups is 1. The van der Waals surface area contributed by atoms with E-state index in [9.17, 15) is 4.79 Å². The quantitative estimate of drug-likeness (QED) is 0.498. The van der Waals surface area contributed by atoms with Gasteiger partial charge in [0.15, 0.2) is 6.61 Å². The zero-order valence-corrected chi connectivity index (χ0v) is 13.3. The van der Waals surface area contributed by atoms with Crippen molar-refractivity contribution in [1.82, 2.24) is 4.98 Å². The summed E-state index contributed by atoms with van der Waals surface area (Å²) in [5.74, 6) is 1.95. The molecule has 24 heavy (non-hydrogen) atoms. The van der Waals surface area contributed by atoms with Crippen LogP contribution in [0.5, 0.6) is 5.75 Å². The molecule has 1 aromatic heterocycles. The molecule has 0 saturated heterocycles. The summed E-state index contributed by atoms with van der Waals surface area (Å²) in [7, 11) is 0. The highest BCUT2D eigenvalue weighted by Crippen LogP contribution is 2.25. The minimum Gasteiger partial charge on any atom is -0.483 e. The lowest BCUT2D eigenvalue weighted by molar-refractivity contribution is -0.104. The molecular weight excluding hydrogens is 302 g/mol. The van der Waals surface area contributed by atoms with Gasteiger partial charge in [-0.05, 0) is 25.1 Å². The van der Waals surface area contributed by atoms with Gasteiger partial charge in [0.1, 0.15) is 23.5 Å². The van der Waals surface area contributed by atoms with Crippen molar-refractivity contribution in [2.45, 2.75) is 13.5 Å². The number of hydrogen-bond donors (Lipinski definition) is 0. The molecule has 0 amide bonds. The molecule has 2 aromatic carbocycles. The van der Waals surface area contributed by atoms with Gasteiger partial charge >= 0.3 is 0 Å². The maximum Gasteiger partial charge on any atom is 0.233 e. The highest BCUT2D eigenvalue weighted by molar-refractivity contribution is 5.75. The molecule has 0 unspecified atom stereocenters. The Labute approximate surface area is 140 Å². The van der Waals surface area contributed by atoms with Crippen molar-refractivity contribution in [2.24, 2.45) is 0 Å². The van der Waals surface area contributed by atoms with Crippen LogP contribution in [-0.4, -0.2) is 11.3 Å². The van der Waals surface area contributed by atoms with E-state index in [0.717, 1.165) is 28.9 Å². The van der Waals surface area contributed by atoms with Gasteiger partial charge in [-0.1, -0.05) is 48.5 Å². The fourth-order valence-corrected chi connectivity index (χ4v) is 2.41. The van der Waals surface area contributed by atoms with Gasteiger partial charge in [0, 0.05) is 11.1 Å². The highest BCUT2D eigenvalue weighted by atomic mass is 16.5. The molecule has 0 bridgehead atoms. The van der Waals surface area contributed by atoms with Crippen LogP contribution in [0.2, 0.25) is 0 Å². The SMILES string of the molecule is Cc1oc(COc2ccccc2C=CC=O)nc1-c1ccccc1. The van der Waals surface area contributed by atoms with Crippen LogP contribution in [0.25, 0.3) is 17.3 Å². The number of carbonyl (C=O) groups excluding carboxylic acids is 1. The van der Waals surface area contributed by atoms with Gasteiger partial charge in [0.2, 0.25) is 5.89 Å². The molecule has 0 spiro atoms. The van der Waals surface area contributed by atoms with Gasteiger partial charge in [-0.3, -0.25) is 4.79 Å². The van der Waals surface area contributed by atoms with Crippen LogP contribution in [-0.2, 0) is 11.4 Å². The summed E-state index contributed by atoms with van der Waals surface area (Å²) < 4.78 is 11.5. The number of allylic oxidation sites excluding steroid dienone is 1. The Kier molecular flexibility index (Phi) is 4.87. The predicted octanol–water partition coefficient (Wildman–Crippen LogP) is 4.44. The van der Waals surface area contributed by atoms with Crippen LogP contribution >= 0.6 is 0 Å². The molecule has 0 aliphatic carbocycles. The van der Waals surface area contributed by atoms with Gasteiger partial charge in [0.25, 0.3) is 0 Å². The van der Waals surface area contributed by atoms with E-state index in [1.54, 1.807) is 6.08 Å². The van der Waals surface area contributed by atoms with Crippen LogP contribution in [0.4, 0.5) is 0 Å². The Balaban J connectivity index is 1.77. The number of rotatable bonds is 6. The van der Waals surface area contributed by atoms with Gasteiger partial charge in [-0.15, -0.1) is 0 Å². The van der Waals surface area contributed by atoms with Crippen LogP contribution < -0.4 is 4.74 Å². The molecule has 3 aromatic rings. The molecule has 0 N–H and O–H groups in total. The van der Waals surface area contributed by atoms with Crippen molar-refractivity contribution < 1.29 is 13.9 Å². The monoisotopic (exact) mass is 319 g/mol. The lowest BCUT2D eigenvalue weighted by atomic mass is 10.1. The van der Waals surface area contributed by atoms with E-state index in [1.807, 2.05) is 61.5 Å². The molecule has 0 fully saturated rings. The minimum absolute atomic E-state index is 0.222. The second-order valence-corrected chi connectivity index (χ2v) is 5.20. The summed E-state index contributed by atoms with van der Waals surface area (Å²) in [5.41, 5.74) is 2.67. The standard InChI is InChI=1S/C20H17NO3/c1-15-20(17-9-3-2-4-10-17)21-19(24-15)14-23-18-12-6-5-8-16(18)11-7-13-22/h2-13H,14H2,1H3. The lowest BCUT2D eigenvalue weighted by Gasteiger charge is -2.06. The predicted molar refractivity (Wildman–Crippen MR) is 92.5 cm³/mol. The molecule has 4 heteroatoms. The van der Waals surface area contributed by atoms with Crippen molar-refractivity contribution in [3.05, 3.63) is 77.9 Å². The third-order valence-electron chi connectivity index (χ3n) is 3.51. The normalized spacial score (nSPS) is 10.9. The largest absolute Gasteiger partial charge is 0.483 e.